The lowest BCUT2D eigenvalue weighted by atomic mass is 9.86. The molecule has 0 spiro atoms. The molecule has 2 unspecified atom stereocenters. The van der Waals surface area contributed by atoms with Gasteiger partial charge in [-0.1, -0.05) is 32.4 Å². The highest BCUT2D eigenvalue weighted by Gasteiger charge is 2.46. The van der Waals surface area contributed by atoms with Gasteiger partial charge in [0.25, 0.3) is 5.56 Å². The molecule has 5 aromatic rings. The fourth-order valence-electron chi connectivity index (χ4n) is 9.01. The first-order valence-corrected chi connectivity index (χ1v) is 27.2. The number of nitrogens with one attached hydrogen (secondary N) is 4. The summed E-state index contributed by atoms with van der Waals surface area (Å²) in [5.41, 5.74) is 7.08. The first-order chi connectivity index (χ1) is 37.8. The number of benzene rings is 1. The number of cyclic esters (lactones) is 1. The number of carbonyl (C=O) groups is 6. The molecule has 430 valence electrons. The number of amides is 4. The first-order valence-electron chi connectivity index (χ1n) is 25.3. The van der Waals surface area contributed by atoms with Gasteiger partial charge in [0.2, 0.25) is 45.4 Å². The van der Waals surface area contributed by atoms with Crippen molar-refractivity contribution < 1.29 is 74.8 Å². The van der Waals surface area contributed by atoms with Gasteiger partial charge in [-0.25, -0.2) is 33.0 Å². The molecule has 30 heteroatoms. The van der Waals surface area contributed by atoms with Gasteiger partial charge in [-0.15, -0.1) is 5.10 Å². The van der Waals surface area contributed by atoms with E-state index >= 15 is 0 Å². The number of aliphatic hydroxyl groups is 1. The molecule has 3 atom stereocenters. The van der Waals surface area contributed by atoms with Crippen LogP contribution in [0.5, 0.6) is 11.5 Å². The van der Waals surface area contributed by atoms with Crippen LogP contribution in [0.4, 0.5) is 13.2 Å². The number of aliphatic carboxylic acids is 1. The molecule has 4 aromatic heterocycles. The predicted molar refractivity (Wildman–Crippen MR) is 273 cm³/mol. The second kappa shape index (κ2) is 24.9. The lowest BCUT2D eigenvalue weighted by Gasteiger charge is -2.31. The van der Waals surface area contributed by atoms with Crippen LogP contribution >= 0.6 is 0 Å². The van der Waals surface area contributed by atoms with Crippen LogP contribution < -0.4 is 42.0 Å². The monoisotopic (exact) mass is 1140 g/mol. The maximum atomic E-state index is 14.0. The number of pyridine rings is 2. The number of esters is 1. The van der Waals surface area contributed by atoms with E-state index in [1.165, 1.54) is 17.0 Å². The van der Waals surface area contributed by atoms with Crippen LogP contribution in [0.15, 0.2) is 46.7 Å². The van der Waals surface area contributed by atoms with Crippen LogP contribution in [0.2, 0.25) is 0 Å². The molecule has 0 fully saturated rings. The van der Waals surface area contributed by atoms with E-state index in [-0.39, 0.29) is 73.9 Å². The fourth-order valence-corrected chi connectivity index (χ4v) is 9.50. The normalized spacial score (nSPS) is 15.8. The molecular formula is C50H59F3N12O14S. The van der Waals surface area contributed by atoms with Crippen molar-refractivity contribution in [2.24, 2.45) is 11.7 Å². The average molecular weight is 1140 g/mol. The van der Waals surface area contributed by atoms with Crippen LogP contribution in [0.1, 0.15) is 94.4 Å². The third-order valence-corrected chi connectivity index (χ3v) is 14.2. The minimum atomic E-state index is -5.08. The van der Waals surface area contributed by atoms with Crippen LogP contribution in [-0.4, -0.2) is 133 Å². The predicted octanol–water partition coefficient (Wildman–Crippen LogP) is 1.64. The van der Waals surface area contributed by atoms with E-state index in [0.717, 1.165) is 6.26 Å². The number of aryl methyl sites for hydroxylation is 1. The second-order valence-electron chi connectivity index (χ2n) is 19.4. The Morgan fingerprint density at radius 1 is 0.912 bits per heavy atom. The topological polar surface area (TPSA) is 370 Å². The third-order valence-electron chi connectivity index (χ3n) is 13.4. The Hall–Kier alpha value is -8.12. The molecule has 0 aliphatic carbocycles. The highest BCUT2D eigenvalue weighted by atomic mass is 32.2. The number of hydrogen-bond acceptors (Lipinski definition) is 19. The molecule has 1 aromatic carbocycles. The summed E-state index contributed by atoms with van der Waals surface area (Å²) in [5.74, 6) is -5.07. The lowest BCUT2D eigenvalue weighted by Crippen LogP contribution is -2.56. The van der Waals surface area contributed by atoms with Crippen molar-refractivity contribution in [2.75, 3.05) is 26.1 Å². The van der Waals surface area contributed by atoms with Gasteiger partial charge in [-0.3, -0.25) is 28.7 Å². The number of alkyl halides is 3. The summed E-state index contributed by atoms with van der Waals surface area (Å²) in [4.78, 5) is 102. The van der Waals surface area contributed by atoms with E-state index in [9.17, 15) is 55.5 Å². The number of nitrogens with two attached hydrogens (primary N) is 1. The van der Waals surface area contributed by atoms with Crippen LogP contribution in [0, 0.1) is 5.92 Å². The number of sulfone groups is 1. The largest absolute Gasteiger partial charge is 0.490 e. The molecule has 80 heavy (non-hydrogen) atoms. The fraction of sp³-hybridized carbons (Fsp3) is 0.480. The van der Waals surface area contributed by atoms with Gasteiger partial charge in [0.15, 0.2) is 17.1 Å². The molecule has 4 amide bonds. The molecular weight excluding hydrogens is 1080 g/mol. The molecule has 26 nitrogen and oxygen atoms in total. The van der Waals surface area contributed by atoms with E-state index < -0.39 is 75.5 Å². The number of nitrogens with zero attached hydrogens (tertiary/aromatic N) is 7. The summed E-state index contributed by atoms with van der Waals surface area (Å²) in [5, 5.41) is 38.2. The Morgan fingerprint density at radius 2 is 1.61 bits per heavy atom. The number of carboxylic acids is 1. The van der Waals surface area contributed by atoms with E-state index in [4.69, 9.17) is 34.8 Å². The molecule has 3 aliphatic heterocycles. The van der Waals surface area contributed by atoms with Crippen molar-refractivity contribution in [1.82, 2.24) is 55.8 Å². The van der Waals surface area contributed by atoms with Crippen molar-refractivity contribution in [3.05, 3.63) is 69.4 Å². The number of hydrogen-bond donors (Lipinski definition) is 7. The Kier molecular flexibility index (Phi) is 18.5. The van der Waals surface area contributed by atoms with E-state index in [1.807, 2.05) is 0 Å². The molecule has 0 bridgehead atoms. The van der Waals surface area contributed by atoms with Crippen molar-refractivity contribution in [1.29, 1.82) is 0 Å². The number of aromatic nitrogens is 7. The average Bonchev–Trinajstić information content (AvgIpc) is 4.22. The van der Waals surface area contributed by atoms with Gasteiger partial charge in [-0.05, 0) is 68.7 Å². The standard InChI is InChI=1S/C48H58N12O12S.C2HF3O2/c1-5-48(67)32-16-36-42-30(22-60(36)45(65)31(32)24-70-46(48)66)29(28-15-37-38(72-25-71-37)17-34(28)54-42)20-50-40(62)21-51-43(63)33(11-8-9-13-49)55-44(64)41(26(2)3)56-39(61)12-7-6-10-14-59-23-35(57-58-59)27-18-52-47(53-19-27)73(4,68)69;3-2(4,5)1(6)7/h15-19,23,26,33,41,67H,5-14,20-22,24-25,49H2,1-4H3,(H,50,62)(H,51,63)(H,55,64)(H,56,61);(H,6,7)/t33?,41?,48-;/m0./s1. The van der Waals surface area contributed by atoms with Crippen LogP contribution in [0.3, 0.4) is 0 Å². The zero-order valence-electron chi connectivity index (χ0n) is 43.8. The number of halogens is 3. The smallest absolute Gasteiger partial charge is 0.475 e. The summed E-state index contributed by atoms with van der Waals surface area (Å²) in [7, 11) is -3.54. The van der Waals surface area contributed by atoms with Crippen molar-refractivity contribution in [3.63, 3.8) is 0 Å². The van der Waals surface area contributed by atoms with Gasteiger partial charge in [-0.2, -0.15) is 13.2 Å². The summed E-state index contributed by atoms with van der Waals surface area (Å²) < 4.78 is 74.7. The number of rotatable bonds is 22. The maximum absolute atomic E-state index is 14.0. The molecule has 8 rings (SSSR count). The third kappa shape index (κ3) is 13.6. The van der Waals surface area contributed by atoms with Crippen molar-refractivity contribution in [3.8, 4) is 34.1 Å². The minimum absolute atomic E-state index is 0.000951. The Balaban J connectivity index is 0.00000124. The number of fused-ring (bicyclic) bond motifs is 6. The summed E-state index contributed by atoms with van der Waals surface area (Å²) in [6, 6.07) is 3.04. The Bertz CT molecular complexity index is 3370. The molecule has 0 saturated heterocycles. The Labute approximate surface area is 454 Å². The highest BCUT2D eigenvalue weighted by Crippen LogP contribution is 2.43. The number of carbonyl (C=O) groups excluding carboxylic acids is 5. The van der Waals surface area contributed by atoms with E-state index in [2.05, 4.69) is 41.5 Å². The van der Waals surface area contributed by atoms with Gasteiger partial charge in [0.1, 0.15) is 24.4 Å². The summed E-state index contributed by atoms with van der Waals surface area (Å²) in [6.45, 7) is 5.31. The second-order valence-corrected chi connectivity index (χ2v) is 21.3. The first kappa shape index (κ1) is 59.5. The lowest BCUT2D eigenvalue weighted by molar-refractivity contribution is -0.192. The molecule has 3 aliphatic rings. The maximum Gasteiger partial charge on any atom is 0.490 e. The SMILES string of the molecule is CC[C@@]1(O)C(=O)OCc2c1cc1n(c2=O)Cc2c-1nc1cc3c(cc1c2CNC(=O)CNC(=O)C(CCCCN)NC(=O)C(NC(=O)CCCCCn1cc(-c2cnc(S(C)(=O)=O)nc2)nn1)C(C)C)OCO3.O=C(O)C(F)(F)F. The van der Waals surface area contributed by atoms with Gasteiger partial charge < -0.3 is 56.0 Å². The van der Waals surface area contributed by atoms with Gasteiger partial charge >= 0.3 is 18.1 Å². The molecule has 8 N–H and O–H groups in total. The van der Waals surface area contributed by atoms with Gasteiger partial charge in [0.05, 0.1) is 41.8 Å². The number of unbranched alkanes of at least 4 members (excludes halogenated alkanes) is 3. The molecule has 0 radical (unpaired) electrons. The van der Waals surface area contributed by atoms with Crippen molar-refractivity contribution >= 4 is 56.3 Å². The van der Waals surface area contributed by atoms with E-state index in [1.54, 1.807) is 49.8 Å². The van der Waals surface area contributed by atoms with Crippen LogP contribution in [0.25, 0.3) is 33.5 Å². The minimum Gasteiger partial charge on any atom is -0.475 e. The Morgan fingerprint density at radius 3 is 2.26 bits per heavy atom. The molecule has 7 heterocycles. The van der Waals surface area contributed by atoms with Crippen LogP contribution in [-0.2, 0) is 75.2 Å². The van der Waals surface area contributed by atoms with Crippen molar-refractivity contribution in [2.45, 2.75) is 127 Å². The highest BCUT2D eigenvalue weighted by molar-refractivity contribution is 7.90. The quantitative estimate of drug-likeness (QED) is 0.0289. The number of ether oxygens (including phenoxy) is 3. The van der Waals surface area contributed by atoms with E-state index in [0.29, 0.717) is 101 Å². The molecule has 0 saturated carbocycles. The summed E-state index contributed by atoms with van der Waals surface area (Å²) >= 11 is 0. The summed E-state index contributed by atoms with van der Waals surface area (Å²) in [6.07, 6.45) is 3.65. The zero-order valence-corrected chi connectivity index (χ0v) is 44.7. The van der Waals surface area contributed by atoms with Gasteiger partial charge in [0, 0.05) is 66.3 Å². The number of carboxylic acid groups (broad SMARTS) is 1. The zero-order chi connectivity index (χ0) is 58.3.